The lowest BCUT2D eigenvalue weighted by molar-refractivity contribution is 0.673. The van der Waals surface area contributed by atoms with Crippen molar-refractivity contribution in [2.24, 2.45) is 0 Å². The van der Waals surface area contributed by atoms with Gasteiger partial charge in [0.1, 0.15) is 0 Å². The van der Waals surface area contributed by atoms with E-state index in [-0.39, 0.29) is 0 Å². The molecule has 0 radical (unpaired) electrons. The number of hydrogen-bond acceptors (Lipinski definition) is 1. The highest BCUT2D eigenvalue weighted by Gasteiger charge is 2.03. The van der Waals surface area contributed by atoms with Crippen molar-refractivity contribution >= 4 is 0 Å². The first-order valence-corrected chi connectivity index (χ1v) is 2.91. The molecule has 0 spiro atoms. The lowest BCUT2D eigenvalue weighted by Crippen LogP contribution is -2.20. The summed E-state index contributed by atoms with van der Waals surface area (Å²) in [5.74, 6) is 0. The summed E-state index contributed by atoms with van der Waals surface area (Å²) in [6, 6.07) is 0. The largest absolute Gasteiger partial charge is 0.385 e. The average molecular weight is 109 g/mol. The summed E-state index contributed by atoms with van der Waals surface area (Å²) >= 11 is 0. The van der Waals surface area contributed by atoms with Crippen LogP contribution in [-0.2, 0) is 0 Å². The topological polar surface area (TPSA) is 12.0 Å². The summed E-state index contributed by atoms with van der Waals surface area (Å²) in [6.45, 7) is 8.68. The highest BCUT2D eigenvalue weighted by Crippen LogP contribution is 2.13. The Kier molecular flexibility index (Phi) is 1.38. The predicted molar refractivity (Wildman–Crippen MR) is 35.5 cm³/mol. The van der Waals surface area contributed by atoms with Crippen molar-refractivity contribution in [1.82, 2.24) is 5.32 Å². The van der Waals surface area contributed by atoms with Crippen LogP contribution in [-0.4, -0.2) is 6.54 Å². The quantitative estimate of drug-likeness (QED) is 0.496. The van der Waals surface area contributed by atoms with Gasteiger partial charge in [0.25, 0.3) is 0 Å². The van der Waals surface area contributed by atoms with Gasteiger partial charge in [-0.05, 0) is 18.4 Å². The first kappa shape index (κ1) is 5.42. The molecule has 0 aromatic rings. The first-order chi connectivity index (χ1) is 3.80. The van der Waals surface area contributed by atoms with E-state index in [9.17, 15) is 0 Å². The zero-order chi connectivity index (χ0) is 5.98. The van der Waals surface area contributed by atoms with Gasteiger partial charge < -0.3 is 5.32 Å². The molecule has 1 aliphatic rings. The van der Waals surface area contributed by atoms with E-state index in [1.165, 1.54) is 6.42 Å². The normalized spacial score (nSPS) is 20.5. The molecule has 1 heteroatoms. The number of rotatable bonds is 0. The molecule has 0 aromatic carbocycles. The zero-order valence-electron chi connectivity index (χ0n) is 5.04. The van der Waals surface area contributed by atoms with Gasteiger partial charge in [-0.1, -0.05) is 13.2 Å². The van der Waals surface area contributed by atoms with Crippen LogP contribution in [0, 0.1) is 0 Å². The van der Waals surface area contributed by atoms with Crippen LogP contribution in [0.4, 0.5) is 0 Å². The lowest BCUT2D eigenvalue weighted by atomic mass is 10.1. The fraction of sp³-hybridized carbons (Fsp3) is 0.429. The highest BCUT2D eigenvalue weighted by molar-refractivity contribution is 5.25. The fourth-order valence-corrected chi connectivity index (χ4v) is 0.817. The molecule has 0 bridgehead atoms. The summed E-state index contributed by atoms with van der Waals surface area (Å²) in [4.78, 5) is 0. The van der Waals surface area contributed by atoms with E-state index in [0.29, 0.717) is 0 Å². The summed E-state index contributed by atoms with van der Waals surface area (Å²) in [5, 5.41) is 3.14. The van der Waals surface area contributed by atoms with Crippen molar-refractivity contribution in [2.75, 3.05) is 6.54 Å². The molecule has 0 unspecified atom stereocenters. The van der Waals surface area contributed by atoms with Gasteiger partial charge >= 0.3 is 0 Å². The Morgan fingerprint density at radius 3 is 2.50 bits per heavy atom. The smallest absolute Gasteiger partial charge is 0.0293 e. The van der Waals surface area contributed by atoms with E-state index in [2.05, 4.69) is 18.5 Å². The van der Waals surface area contributed by atoms with E-state index in [1.807, 2.05) is 0 Å². The van der Waals surface area contributed by atoms with Gasteiger partial charge in [-0.3, -0.25) is 0 Å². The third kappa shape index (κ3) is 0.915. The van der Waals surface area contributed by atoms with Crippen LogP contribution < -0.4 is 5.32 Å². The van der Waals surface area contributed by atoms with E-state index in [1.54, 1.807) is 0 Å². The molecular weight excluding hydrogens is 98.1 g/mol. The molecule has 0 aliphatic carbocycles. The third-order valence-electron chi connectivity index (χ3n) is 1.42. The maximum Gasteiger partial charge on any atom is 0.0293 e. The minimum absolute atomic E-state index is 1.02. The highest BCUT2D eigenvalue weighted by atomic mass is 14.9. The lowest BCUT2D eigenvalue weighted by Gasteiger charge is -2.17. The maximum atomic E-state index is 3.83. The Morgan fingerprint density at radius 1 is 1.38 bits per heavy atom. The molecular formula is C7H11N. The van der Waals surface area contributed by atoms with Crippen molar-refractivity contribution in [2.45, 2.75) is 12.8 Å². The van der Waals surface area contributed by atoms with Crippen molar-refractivity contribution in [1.29, 1.82) is 0 Å². The Balaban J connectivity index is 2.52. The van der Waals surface area contributed by atoms with Crippen molar-refractivity contribution in [3.05, 3.63) is 24.4 Å². The summed E-state index contributed by atoms with van der Waals surface area (Å²) < 4.78 is 0. The predicted octanol–water partition coefficient (Wildman–Crippen LogP) is 1.44. The van der Waals surface area contributed by atoms with E-state index < -0.39 is 0 Å². The van der Waals surface area contributed by atoms with Crippen molar-refractivity contribution in [3.63, 3.8) is 0 Å². The number of allylic oxidation sites excluding steroid dienone is 1. The van der Waals surface area contributed by atoms with Crippen molar-refractivity contribution in [3.8, 4) is 0 Å². The maximum absolute atomic E-state index is 3.83. The van der Waals surface area contributed by atoms with Gasteiger partial charge in [-0.2, -0.15) is 0 Å². The number of hydrogen-bond donors (Lipinski definition) is 1. The molecule has 0 aromatic heterocycles. The second-order valence-electron chi connectivity index (χ2n) is 2.11. The van der Waals surface area contributed by atoms with Crippen molar-refractivity contribution < 1.29 is 0 Å². The number of nitrogens with one attached hydrogen (secondary N) is 1. The molecule has 8 heavy (non-hydrogen) atoms. The molecule has 0 atom stereocenters. The summed E-state index contributed by atoms with van der Waals surface area (Å²) in [6.07, 6.45) is 2.32. The van der Waals surface area contributed by atoms with Crippen LogP contribution in [0.3, 0.4) is 0 Å². The first-order valence-electron chi connectivity index (χ1n) is 2.91. The van der Waals surface area contributed by atoms with Crippen LogP contribution >= 0.6 is 0 Å². The van der Waals surface area contributed by atoms with E-state index in [4.69, 9.17) is 0 Å². The standard InChI is InChI=1S/C7H11N/c1-6-4-3-5-8-7(6)2/h8H,1-5H2. The molecule has 1 N–H and O–H groups in total. The van der Waals surface area contributed by atoms with Crippen LogP contribution in [0.25, 0.3) is 0 Å². The Bertz CT molecular complexity index is 108. The molecule has 1 rings (SSSR count). The summed E-state index contributed by atoms with van der Waals surface area (Å²) in [5.41, 5.74) is 2.19. The molecule has 0 amide bonds. The molecule has 44 valence electrons. The fourth-order valence-electron chi connectivity index (χ4n) is 0.817. The molecule has 1 saturated heterocycles. The van der Waals surface area contributed by atoms with Gasteiger partial charge in [0.2, 0.25) is 0 Å². The second kappa shape index (κ2) is 2.03. The second-order valence-corrected chi connectivity index (χ2v) is 2.11. The van der Waals surface area contributed by atoms with Crippen LogP contribution in [0.15, 0.2) is 24.4 Å². The molecule has 1 nitrogen and oxygen atoms in total. The van der Waals surface area contributed by atoms with Gasteiger partial charge in [-0.15, -0.1) is 0 Å². The zero-order valence-corrected chi connectivity index (χ0v) is 5.04. The van der Waals surface area contributed by atoms with Gasteiger partial charge in [-0.25, -0.2) is 0 Å². The van der Waals surface area contributed by atoms with Gasteiger partial charge in [0.05, 0.1) is 0 Å². The Hall–Kier alpha value is -0.720. The molecule has 1 fully saturated rings. The molecule has 1 aliphatic heterocycles. The average Bonchev–Trinajstić information content (AvgIpc) is 1.77. The molecule has 1 heterocycles. The Labute approximate surface area is 50.1 Å². The molecule has 0 saturated carbocycles. The minimum atomic E-state index is 1.02. The van der Waals surface area contributed by atoms with E-state index >= 15 is 0 Å². The van der Waals surface area contributed by atoms with Crippen LogP contribution in [0.1, 0.15) is 12.8 Å². The summed E-state index contributed by atoms with van der Waals surface area (Å²) in [7, 11) is 0. The Morgan fingerprint density at radius 2 is 2.12 bits per heavy atom. The minimum Gasteiger partial charge on any atom is -0.385 e. The monoisotopic (exact) mass is 109 g/mol. The van der Waals surface area contributed by atoms with Crippen LogP contribution in [0.2, 0.25) is 0 Å². The number of piperidine rings is 1. The van der Waals surface area contributed by atoms with E-state index in [0.717, 1.165) is 24.2 Å². The van der Waals surface area contributed by atoms with Gasteiger partial charge in [0, 0.05) is 12.2 Å². The third-order valence-corrected chi connectivity index (χ3v) is 1.42. The SMILES string of the molecule is C=C1CCCNC1=C. The van der Waals surface area contributed by atoms with Gasteiger partial charge in [0.15, 0.2) is 0 Å². The van der Waals surface area contributed by atoms with Crippen LogP contribution in [0.5, 0.6) is 0 Å².